The van der Waals surface area contributed by atoms with E-state index in [4.69, 9.17) is 4.74 Å². The number of nitrogens with one attached hydrogen (secondary N) is 1. The van der Waals surface area contributed by atoms with Gasteiger partial charge in [-0.05, 0) is 64.7 Å². The second kappa shape index (κ2) is 9.16. The molecule has 0 spiro atoms. The first-order valence-electron chi connectivity index (χ1n) is 8.47. The van der Waals surface area contributed by atoms with Gasteiger partial charge in [-0.2, -0.15) is 0 Å². The van der Waals surface area contributed by atoms with Gasteiger partial charge in [0.05, 0.1) is 17.5 Å². The molecule has 0 radical (unpaired) electrons. The molecule has 0 aliphatic rings. The summed E-state index contributed by atoms with van der Waals surface area (Å²) in [6.45, 7) is 1.22. The fraction of sp³-hybridized carbons (Fsp3) is 0.300. The minimum atomic E-state index is -1.92. The third-order valence-electron chi connectivity index (χ3n) is 4.39. The van der Waals surface area contributed by atoms with Crippen LogP contribution in [0.4, 0.5) is 4.39 Å². The van der Waals surface area contributed by atoms with Crippen molar-refractivity contribution in [3.05, 3.63) is 63.9 Å². The minimum absolute atomic E-state index is 0.0646. The van der Waals surface area contributed by atoms with Crippen LogP contribution < -0.4 is 5.32 Å². The van der Waals surface area contributed by atoms with E-state index in [-0.39, 0.29) is 28.8 Å². The van der Waals surface area contributed by atoms with E-state index in [2.05, 4.69) is 21.2 Å². The van der Waals surface area contributed by atoms with Gasteiger partial charge >= 0.3 is 5.97 Å². The Morgan fingerprint density at radius 2 is 1.89 bits per heavy atom. The number of phenols is 1. The number of methoxy groups -OCH3 is 1. The highest BCUT2D eigenvalue weighted by Gasteiger charge is 2.34. The molecule has 0 aliphatic heterocycles. The van der Waals surface area contributed by atoms with Crippen molar-refractivity contribution in [1.29, 1.82) is 0 Å². The van der Waals surface area contributed by atoms with E-state index < -0.39 is 29.2 Å². The van der Waals surface area contributed by atoms with Crippen LogP contribution in [0.5, 0.6) is 5.75 Å². The first-order chi connectivity index (χ1) is 13.1. The molecule has 2 unspecified atom stereocenters. The number of aliphatic hydroxyl groups is 1. The zero-order valence-corrected chi connectivity index (χ0v) is 17.0. The van der Waals surface area contributed by atoms with Gasteiger partial charge in [0.1, 0.15) is 11.6 Å². The highest BCUT2D eigenvalue weighted by atomic mass is 79.9. The van der Waals surface area contributed by atoms with Crippen LogP contribution >= 0.6 is 15.9 Å². The van der Waals surface area contributed by atoms with Gasteiger partial charge in [-0.1, -0.05) is 18.2 Å². The highest BCUT2D eigenvalue weighted by Crippen LogP contribution is 2.26. The normalized spacial score (nSPS) is 14.0. The van der Waals surface area contributed by atoms with Crippen molar-refractivity contribution in [1.82, 2.24) is 5.32 Å². The monoisotopic (exact) mass is 453 g/mol. The van der Waals surface area contributed by atoms with Gasteiger partial charge in [0.25, 0.3) is 5.91 Å². The molecular formula is C20H21BrFNO5. The molecule has 8 heteroatoms. The van der Waals surface area contributed by atoms with Crippen molar-refractivity contribution in [2.24, 2.45) is 5.92 Å². The number of phenolic OH excluding ortho intramolecular Hbond substituents is 1. The van der Waals surface area contributed by atoms with E-state index >= 15 is 0 Å². The molecule has 0 aliphatic carbocycles. The van der Waals surface area contributed by atoms with Gasteiger partial charge in [-0.25, -0.2) is 4.39 Å². The SMILES string of the molecule is COC(=O)C(CNC(=O)C(C)(O)c1ccc(F)c(Br)c1)Cc1ccc(O)cc1. The lowest BCUT2D eigenvalue weighted by Gasteiger charge is -2.24. The molecule has 0 aromatic heterocycles. The molecular weight excluding hydrogens is 433 g/mol. The van der Waals surface area contributed by atoms with E-state index in [1.54, 1.807) is 12.1 Å². The Bertz CT molecular complexity index is 854. The van der Waals surface area contributed by atoms with Crippen LogP contribution in [0.1, 0.15) is 18.1 Å². The third-order valence-corrected chi connectivity index (χ3v) is 4.99. The lowest BCUT2D eigenvalue weighted by Crippen LogP contribution is -2.45. The fourth-order valence-electron chi connectivity index (χ4n) is 2.64. The Hall–Kier alpha value is -2.45. The zero-order valence-electron chi connectivity index (χ0n) is 15.4. The molecule has 0 saturated carbocycles. The number of ether oxygens (including phenoxy) is 1. The van der Waals surface area contributed by atoms with Gasteiger partial charge in [-0.15, -0.1) is 0 Å². The number of rotatable bonds is 7. The molecule has 0 fully saturated rings. The topological polar surface area (TPSA) is 95.9 Å². The Labute approximate surface area is 170 Å². The molecule has 28 heavy (non-hydrogen) atoms. The smallest absolute Gasteiger partial charge is 0.310 e. The Morgan fingerprint density at radius 3 is 2.46 bits per heavy atom. The third kappa shape index (κ3) is 5.30. The second-order valence-corrected chi connectivity index (χ2v) is 7.36. The maximum Gasteiger partial charge on any atom is 0.310 e. The van der Waals surface area contributed by atoms with Gasteiger partial charge in [0.2, 0.25) is 0 Å². The maximum atomic E-state index is 13.4. The molecule has 2 aromatic rings. The summed E-state index contributed by atoms with van der Waals surface area (Å²) < 4.78 is 18.3. The molecule has 2 atom stereocenters. The predicted octanol–water partition coefficient (Wildman–Crippen LogP) is 2.65. The summed E-state index contributed by atoms with van der Waals surface area (Å²) in [5.74, 6) is -2.34. The minimum Gasteiger partial charge on any atom is -0.508 e. The predicted molar refractivity (Wildman–Crippen MR) is 104 cm³/mol. The zero-order chi connectivity index (χ0) is 20.9. The maximum absolute atomic E-state index is 13.4. The van der Waals surface area contributed by atoms with Crippen molar-refractivity contribution in [3.8, 4) is 5.75 Å². The lowest BCUT2D eigenvalue weighted by atomic mass is 9.94. The van der Waals surface area contributed by atoms with Gasteiger partial charge in [-0.3, -0.25) is 9.59 Å². The molecule has 0 bridgehead atoms. The van der Waals surface area contributed by atoms with Crippen molar-refractivity contribution < 1.29 is 28.9 Å². The Morgan fingerprint density at radius 1 is 1.25 bits per heavy atom. The van der Waals surface area contributed by atoms with Crippen LogP contribution in [-0.4, -0.2) is 35.7 Å². The first-order valence-corrected chi connectivity index (χ1v) is 9.26. The largest absolute Gasteiger partial charge is 0.508 e. The van der Waals surface area contributed by atoms with Crippen molar-refractivity contribution >= 4 is 27.8 Å². The average molecular weight is 454 g/mol. The summed E-state index contributed by atoms with van der Waals surface area (Å²) in [6, 6.07) is 10.1. The average Bonchev–Trinajstić information content (AvgIpc) is 2.67. The number of carbonyl (C=O) groups excluding carboxylic acids is 2. The summed E-state index contributed by atoms with van der Waals surface area (Å²) in [4.78, 5) is 24.6. The fourth-order valence-corrected chi connectivity index (χ4v) is 3.02. The molecule has 0 saturated heterocycles. The summed E-state index contributed by atoms with van der Waals surface area (Å²) in [7, 11) is 1.25. The Kier molecular flexibility index (Phi) is 7.15. The Balaban J connectivity index is 2.10. The van der Waals surface area contributed by atoms with Gasteiger partial charge in [0.15, 0.2) is 5.60 Å². The number of hydrogen-bond acceptors (Lipinski definition) is 5. The van der Waals surface area contributed by atoms with Crippen LogP contribution in [0.2, 0.25) is 0 Å². The quantitative estimate of drug-likeness (QED) is 0.560. The van der Waals surface area contributed by atoms with E-state index in [0.717, 1.165) is 11.6 Å². The molecule has 0 heterocycles. The highest BCUT2D eigenvalue weighted by molar-refractivity contribution is 9.10. The molecule has 2 aromatic carbocycles. The number of aromatic hydroxyl groups is 1. The number of carbonyl (C=O) groups is 2. The van der Waals surface area contributed by atoms with E-state index in [9.17, 15) is 24.2 Å². The summed E-state index contributed by atoms with van der Waals surface area (Å²) in [5.41, 5.74) is -0.946. The number of hydrogen-bond donors (Lipinski definition) is 3. The molecule has 150 valence electrons. The number of esters is 1. The first kappa shape index (κ1) is 21.8. The number of halogens is 2. The van der Waals surface area contributed by atoms with Crippen LogP contribution in [-0.2, 0) is 26.3 Å². The van der Waals surface area contributed by atoms with E-state index in [1.807, 2.05) is 0 Å². The summed E-state index contributed by atoms with van der Waals surface area (Å²) >= 11 is 3.02. The van der Waals surface area contributed by atoms with Gasteiger partial charge < -0.3 is 20.3 Å². The molecule has 1 amide bonds. The van der Waals surface area contributed by atoms with Crippen LogP contribution in [0.15, 0.2) is 46.9 Å². The summed E-state index contributed by atoms with van der Waals surface area (Å²) in [5, 5.41) is 22.5. The van der Waals surface area contributed by atoms with Crippen LogP contribution in [0.25, 0.3) is 0 Å². The van der Waals surface area contributed by atoms with Crippen LogP contribution in [0, 0.1) is 11.7 Å². The number of amides is 1. The molecule has 3 N–H and O–H groups in total. The second-order valence-electron chi connectivity index (χ2n) is 6.50. The van der Waals surface area contributed by atoms with E-state index in [0.29, 0.717) is 0 Å². The van der Waals surface area contributed by atoms with Gasteiger partial charge in [0, 0.05) is 6.54 Å². The molecule has 6 nitrogen and oxygen atoms in total. The lowest BCUT2D eigenvalue weighted by molar-refractivity contribution is -0.146. The van der Waals surface area contributed by atoms with Crippen LogP contribution in [0.3, 0.4) is 0 Å². The van der Waals surface area contributed by atoms with E-state index in [1.165, 1.54) is 38.3 Å². The van der Waals surface area contributed by atoms with Crippen molar-refractivity contribution in [2.75, 3.05) is 13.7 Å². The van der Waals surface area contributed by atoms with Crippen molar-refractivity contribution in [3.63, 3.8) is 0 Å². The number of benzene rings is 2. The summed E-state index contributed by atoms with van der Waals surface area (Å²) in [6.07, 6.45) is 0.275. The standard InChI is InChI=1S/C20H21BrFNO5/c1-20(27,14-5-8-17(22)16(21)10-14)19(26)23-11-13(18(25)28-2)9-12-3-6-15(24)7-4-12/h3-8,10,13,24,27H,9,11H2,1-2H3,(H,23,26). The van der Waals surface area contributed by atoms with Crippen molar-refractivity contribution in [2.45, 2.75) is 18.9 Å². The molecule has 2 rings (SSSR count).